The predicted molar refractivity (Wildman–Crippen MR) is 115 cm³/mol. The standard InChI is InChI=1S/C21H26N4O4S/c1-14-4-5-15(2)19(12-14)30(28,29)24-9-8-22-20(26)17-6-7-18(16(3)13-17)25-11-10-23-21(25)27/h4-7,12-13,24H,8-11H2,1-3H3,(H,22,26)(H,23,27). The van der Waals surface area contributed by atoms with Crippen LogP contribution in [0.3, 0.4) is 0 Å². The monoisotopic (exact) mass is 430 g/mol. The van der Waals surface area contributed by atoms with Crippen molar-refractivity contribution in [3.63, 3.8) is 0 Å². The van der Waals surface area contributed by atoms with E-state index in [4.69, 9.17) is 0 Å². The number of nitrogens with one attached hydrogen (secondary N) is 3. The molecule has 9 heteroatoms. The molecule has 0 unspecified atom stereocenters. The van der Waals surface area contributed by atoms with Crippen LogP contribution in [0.2, 0.25) is 0 Å². The molecule has 0 bridgehead atoms. The fourth-order valence-electron chi connectivity index (χ4n) is 3.34. The van der Waals surface area contributed by atoms with Gasteiger partial charge in [-0.1, -0.05) is 12.1 Å². The molecule has 2 aromatic carbocycles. The molecule has 0 atom stereocenters. The Morgan fingerprint density at radius 2 is 1.83 bits per heavy atom. The molecule has 3 amide bonds. The normalized spacial score (nSPS) is 14.0. The maximum Gasteiger partial charge on any atom is 0.322 e. The third kappa shape index (κ3) is 4.80. The summed E-state index contributed by atoms with van der Waals surface area (Å²) in [5.41, 5.74) is 3.56. The topological polar surface area (TPSA) is 108 Å². The second-order valence-corrected chi connectivity index (χ2v) is 9.04. The van der Waals surface area contributed by atoms with Crippen LogP contribution >= 0.6 is 0 Å². The highest BCUT2D eigenvalue weighted by Gasteiger charge is 2.23. The summed E-state index contributed by atoms with van der Waals surface area (Å²) in [5, 5.41) is 5.46. The predicted octanol–water partition coefficient (Wildman–Crippen LogP) is 1.85. The van der Waals surface area contributed by atoms with E-state index in [1.54, 1.807) is 42.2 Å². The Morgan fingerprint density at radius 3 is 2.50 bits per heavy atom. The van der Waals surface area contributed by atoms with Crippen molar-refractivity contribution in [1.82, 2.24) is 15.4 Å². The van der Waals surface area contributed by atoms with Crippen molar-refractivity contribution in [2.24, 2.45) is 0 Å². The maximum atomic E-state index is 12.5. The quantitative estimate of drug-likeness (QED) is 0.583. The third-order valence-corrected chi connectivity index (χ3v) is 6.55. The molecule has 1 aliphatic heterocycles. The molecule has 0 spiro atoms. The Kier molecular flexibility index (Phi) is 6.42. The molecule has 8 nitrogen and oxygen atoms in total. The van der Waals surface area contributed by atoms with Crippen LogP contribution in [0.4, 0.5) is 10.5 Å². The molecule has 0 saturated carbocycles. The number of aryl methyl sites for hydroxylation is 3. The van der Waals surface area contributed by atoms with E-state index in [0.29, 0.717) is 24.2 Å². The first-order chi connectivity index (χ1) is 14.2. The Labute approximate surface area is 176 Å². The van der Waals surface area contributed by atoms with Gasteiger partial charge in [-0.15, -0.1) is 0 Å². The van der Waals surface area contributed by atoms with Crippen molar-refractivity contribution in [1.29, 1.82) is 0 Å². The number of benzene rings is 2. The number of carbonyl (C=O) groups is 2. The minimum Gasteiger partial charge on any atom is -0.351 e. The van der Waals surface area contributed by atoms with Gasteiger partial charge < -0.3 is 10.6 Å². The van der Waals surface area contributed by atoms with E-state index < -0.39 is 10.0 Å². The molecule has 1 saturated heterocycles. The lowest BCUT2D eigenvalue weighted by atomic mass is 10.1. The summed E-state index contributed by atoms with van der Waals surface area (Å²) >= 11 is 0. The van der Waals surface area contributed by atoms with Gasteiger partial charge in [-0.05, 0) is 61.7 Å². The fraction of sp³-hybridized carbons (Fsp3) is 0.333. The van der Waals surface area contributed by atoms with Gasteiger partial charge >= 0.3 is 6.03 Å². The van der Waals surface area contributed by atoms with Gasteiger partial charge in [0.05, 0.1) is 4.90 Å². The SMILES string of the molecule is Cc1ccc(C)c(S(=O)(=O)NCCNC(=O)c2ccc(N3CCNC3=O)c(C)c2)c1. The van der Waals surface area contributed by atoms with E-state index in [2.05, 4.69) is 15.4 Å². The molecule has 1 heterocycles. The number of carbonyl (C=O) groups excluding carboxylic acids is 2. The molecule has 160 valence electrons. The first-order valence-corrected chi connectivity index (χ1v) is 11.2. The molecule has 3 rings (SSSR count). The number of anilines is 1. The molecule has 0 aromatic heterocycles. The van der Waals surface area contributed by atoms with Gasteiger partial charge in [0, 0.05) is 37.4 Å². The Balaban J connectivity index is 1.56. The minimum absolute atomic E-state index is 0.0759. The summed E-state index contributed by atoms with van der Waals surface area (Å²) in [7, 11) is -3.65. The third-order valence-electron chi connectivity index (χ3n) is 4.94. The zero-order valence-electron chi connectivity index (χ0n) is 17.3. The molecule has 2 aromatic rings. The lowest BCUT2D eigenvalue weighted by Crippen LogP contribution is -2.35. The van der Waals surface area contributed by atoms with Crippen LogP contribution in [0.15, 0.2) is 41.3 Å². The van der Waals surface area contributed by atoms with Gasteiger partial charge in [-0.3, -0.25) is 9.69 Å². The number of hydrogen-bond donors (Lipinski definition) is 3. The highest BCUT2D eigenvalue weighted by Crippen LogP contribution is 2.23. The average molecular weight is 431 g/mol. The number of rotatable bonds is 7. The number of sulfonamides is 1. The lowest BCUT2D eigenvalue weighted by Gasteiger charge is -2.17. The summed E-state index contributed by atoms with van der Waals surface area (Å²) in [6.07, 6.45) is 0. The van der Waals surface area contributed by atoms with Crippen LogP contribution in [0, 0.1) is 20.8 Å². The first kappa shape index (κ1) is 21.8. The van der Waals surface area contributed by atoms with Crippen LogP contribution in [-0.4, -0.2) is 46.5 Å². The van der Waals surface area contributed by atoms with Crippen LogP contribution in [-0.2, 0) is 10.0 Å². The number of amides is 3. The van der Waals surface area contributed by atoms with E-state index in [-0.39, 0.29) is 29.9 Å². The van der Waals surface area contributed by atoms with Crippen LogP contribution in [0.1, 0.15) is 27.0 Å². The smallest absolute Gasteiger partial charge is 0.322 e. The average Bonchev–Trinajstić information content (AvgIpc) is 3.12. The van der Waals surface area contributed by atoms with E-state index in [0.717, 1.165) is 16.8 Å². The van der Waals surface area contributed by atoms with E-state index in [9.17, 15) is 18.0 Å². The van der Waals surface area contributed by atoms with Crippen molar-refractivity contribution >= 4 is 27.6 Å². The number of hydrogen-bond acceptors (Lipinski definition) is 4. The molecule has 30 heavy (non-hydrogen) atoms. The number of urea groups is 1. The molecule has 0 aliphatic carbocycles. The summed E-state index contributed by atoms with van der Waals surface area (Å²) in [6, 6.07) is 10.2. The highest BCUT2D eigenvalue weighted by atomic mass is 32.2. The van der Waals surface area contributed by atoms with Gasteiger partial charge in [-0.25, -0.2) is 17.9 Å². The zero-order valence-corrected chi connectivity index (χ0v) is 18.1. The second-order valence-electron chi connectivity index (χ2n) is 7.31. The second kappa shape index (κ2) is 8.85. The number of nitrogens with zero attached hydrogens (tertiary/aromatic N) is 1. The first-order valence-electron chi connectivity index (χ1n) is 9.70. The van der Waals surface area contributed by atoms with E-state index >= 15 is 0 Å². The Bertz CT molecular complexity index is 1080. The zero-order chi connectivity index (χ0) is 21.9. The largest absolute Gasteiger partial charge is 0.351 e. The van der Waals surface area contributed by atoms with Crippen molar-refractivity contribution in [2.75, 3.05) is 31.1 Å². The van der Waals surface area contributed by atoms with Gasteiger partial charge in [-0.2, -0.15) is 0 Å². The molecule has 3 N–H and O–H groups in total. The molecular formula is C21H26N4O4S. The fourth-order valence-corrected chi connectivity index (χ4v) is 4.70. The molecule has 1 fully saturated rings. The summed E-state index contributed by atoms with van der Waals surface area (Å²) in [4.78, 5) is 26.1. The summed E-state index contributed by atoms with van der Waals surface area (Å²) in [5.74, 6) is -0.304. The summed E-state index contributed by atoms with van der Waals surface area (Å²) in [6.45, 7) is 6.83. The van der Waals surface area contributed by atoms with Crippen molar-refractivity contribution in [2.45, 2.75) is 25.7 Å². The van der Waals surface area contributed by atoms with Crippen molar-refractivity contribution < 1.29 is 18.0 Å². The molecule has 1 aliphatic rings. The Hall–Kier alpha value is -2.91. The lowest BCUT2D eigenvalue weighted by molar-refractivity contribution is 0.0954. The van der Waals surface area contributed by atoms with Crippen LogP contribution in [0.25, 0.3) is 0 Å². The van der Waals surface area contributed by atoms with Crippen molar-refractivity contribution in [3.8, 4) is 0 Å². The van der Waals surface area contributed by atoms with Gasteiger partial charge in [0.25, 0.3) is 5.91 Å². The van der Waals surface area contributed by atoms with E-state index in [1.807, 2.05) is 19.9 Å². The van der Waals surface area contributed by atoms with E-state index in [1.165, 1.54) is 0 Å². The molecular weight excluding hydrogens is 404 g/mol. The molecule has 0 radical (unpaired) electrons. The van der Waals surface area contributed by atoms with Gasteiger partial charge in [0.1, 0.15) is 0 Å². The Morgan fingerprint density at radius 1 is 1.07 bits per heavy atom. The van der Waals surface area contributed by atoms with Gasteiger partial charge in [0.2, 0.25) is 10.0 Å². The van der Waals surface area contributed by atoms with Crippen LogP contribution < -0.4 is 20.3 Å². The maximum absolute atomic E-state index is 12.5. The summed E-state index contributed by atoms with van der Waals surface area (Å²) < 4.78 is 27.5. The van der Waals surface area contributed by atoms with Crippen molar-refractivity contribution in [3.05, 3.63) is 58.7 Å². The van der Waals surface area contributed by atoms with Gasteiger partial charge in [0.15, 0.2) is 0 Å². The van der Waals surface area contributed by atoms with Crippen LogP contribution in [0.5, 0.6) is 0 Å². The minimum atomic E-state index is -3.65. The highest BCUT2D eigenvalue weighted by molar-refractivity contribution is 7.89.